The Bertz CT molecular complexity index is 7120. The quantitative estimate of drug-likeness (QED) is 0.112. The van der Waals surface area contributed by atoms with E-state index in [-0.39, 0.29) is 17.0 Å². The number of hydrogen-bond donors (Lipinski definition) is 0. The van der Waals surface area contributed by atoms with Crippen LogP contribution in [0.15, 0.2) is 23.3 Å². The van der Waals surface area contributed by atoms with Crippen molar-refractivity contribution in [1.29, 1.82) is 0 Å². The van der Waals surface area contributed by atoms with Gasteiger partial charge in [-0.15, -0.1) is 0 Å². The summed E-state index contributed by atoms with van der Waals surface area (Å²) in [7, 11) is 0. The normalized spacial score (nSPS) is 22.5. The summed E-state index contributed by atoms with van der Waals surface area (Å²) in [6, 6.07) is 0. The van der Waals surface area contributed by atoms with Crippen LogP contribution in [0.25, 0.3) is 291 Å². The van der Waals surface area contributed by atoms with E-state index < -0.39 is 16.2 Å². The monoisotopic (exact) mass is 936 g/mol. The molecule has 0 saturated heterocycles. The molecule has 0 heterocycles. The summed E-state index contributed by atoms with van der Waals surface area (Å²) in [5.74, 6) is 0.389. The van der Waals surface area contributed by atoms with Crippen molar-refractivity contribution in [3.8, 4) is 0 Å². The lowest BCUT2D eigenvalue weighted by Gasteiger charge is -2.54. The highest BCUT2D eigenvalue weighted by atomic mass is 16.2. The second-order valence-corrected chi connectivity index (χ2v) is 29.5. The van der Waals surface area contributed by atoms with Crippen LogP contribution in [-0.2, 0) is 20.4 Å². The van der Waals surface area contributed by atoms with Crippen LogP contribution >= 0.6 is 0 Å². The molecule has 0 aromatic heterocycles. The molecule has 0 atom stereocenters. The van der Waals surface area contributed by atoms with Gasteiger partial charge < -0.3 is 0 Å². The zero-order chi connectivity index (χ0) is 46.0. The number of fused-ring (bicyclic) bond motifs is 1. The average Bonchev–Trinajstić information content (AvgIpc) is 1.58. The molecule has 2 fully saturated rings. The fourth-order valence-electron chi connectivity index (χ4n) is 27.5. The molecule has 0 N–H and O–H groups in total. The SMILES string of the molecule is CC1(C)CC(=O)C2(CC3=CC45c6c7c8c9c%10c%11c(c%12c%13c4c4c6c6c%14c7c7c8c8c%10c%10c%15c%11c%11c%12c%12c%13c%13c4c4c6c6c%14c%14c7c7c8c%10c8c%10c%15c%11c%11c%12c%12c%13c4c4c6c6c%14c7c8c7c%10c%11c%12c4c67)C95C=C3C2)C(=O)C1. The molecule has 324 valence electrons. The van der Waals surface area contributed by atoms with Gasteiger partial charge in [0.15, 0.2) is 0 Å². The van der Waals surface area contributed by atoms with Crippen LogP contribution in [0.4, 0.5) is 0 Å². The van der Waals surface area contributed by atoms with E-state index >= 15 is 9.59 Å². The van der Waals surface area contributed by atoms with Crippen LogP contribution in [0.2, 0.25) is 0 Å². The zero-order valence-electron chi connectivity index (χ0n) is 39.8. The topological polar surface area (TPSA) is 34.1 Å². The largest absolute Gasteiger partial charge is 0.299 e. The van der Waals surface area contributed by atoms with Crippen molar-refractivity contribution < 1.29 is 9.59 Å². The van der Waals surface area contributed by atoms with Crippen LogP contribution in [0.3, 0.4) is 0 Å². The summed E-state index contributed by atoms with van der Waals surface area (Å²) in [6.07, 6.45) is 7.83. The molecule has 76 heavy (non-hydrogen) atoms. The molecule has 0 bridgehead atoms. The molecular weight excluding hydrogens is 921 g/mol. The molecule has 7 aliphatic carbocycles. The Morgan fingerprint density at radius 1 is 0.224 bits per heavy atom. The van der Waals surface area contributed by atoms with Crippen molar-refractivity contribution in [3.05, 3.63) is 45.6 Å². The molecular formula is C74H16O2. The van der Waals surface area contributed by atoms with Gasteiger partial charge in [-0.2, -0.15) is 0 Å². The van der Waals surface area contributed by atoms with E-state index in [0.717, 1.165) is 0 Å². The highest BCUT2D eigenvalue weighted by Gasteiger charge is 2.71. The maximum Gasteiger partial charge on any atom is 0.147 e. The number of rotatable bonds is 0. The minimum absolute atomic E-state index is 0.194. The van der Waals surface area contributed by atoms with E-state index in [9.17, 15) is 0 Å². The number of benzene rings is 18. The predicted molar refractivity (Wildman–Crippen MR) is 315 cm³/mol. The van der Waals surface area contributed by atoms with Gasteiger partial charge >= 0.3 is 0 Å². The summed E-state index contributed by atoms with van der Waals surface area (Å²) in [4.78, 5) is 30.3. The molecule has 2 heteroatoms. The number of ketones is 2. The number of hydrogen-bond acceptors (Lipinski definition) is 2. The second kappa shape index (κ2) is 6.57. The lowest BCUT2D eigenvalue weighted by Crippen LogP contribution is -2.51. The van der Waals surface area contributed by atoms with Crippen LogP contribution in [0.5, 0.6) is 0 Å². The van der Waals surface area contributed by atoms with Crippen molar-refractivity contribution in [2.24, 2.45) is 10.8 Å². The van der Waals surface area contributed by atoms with Crippen molar-refractivity contribution in [2.45, 2.75) is 50.4 Å². The van der Waals surface area contributed by atoms with Gasteiger partial charge in [0.25, 0.3) is 0 Å². The minimum Gasteiger partial charge on any atom is -0.299 e. The molecule has 3 spiro atoms. The number of Topliss-reactive ketones (excluding diaryl/α,β-unsaturated/α-hetero) is 2. The lowest BCUT2D eigenvalue weighted by molar-refractivity contribution is -0.147. The summed E-state index contributed by atoms with van der Waals surface area (Å²) in [5.41, 5.74) is 6.73. The molecule has 0 amide bonds. The number of carbonyl (C=O) groups excluding carboxylic acids is 2. The third-order valence-corrected chi connectivity index (χ3v) is 28.0. The van der Waals surface area contributed by atoms with E-state index in [0.29, 0.717) is 25.7 Å². The van der Waals surface area contributed by atoms with Crippen molar-refractivity contribution >= 4 is 302 Å². The van der Waals surface area contributed by atoms with E-state index in [1.807, 2.05) is 0 Å². The standard InChI is InChI=1S/C74H16O2/c1-71(2)7-11(75)72(12(76)8-71)3-9-5-73-67-59-51-41-31-23-15-13-14-17-21-19(15)27-35-29(21)39-33-25(17)26-18(14)22-20-16(13)24(23)32-38-28(20)36-30(22)40-34(26)44-43(33)53-47(39)57-49(35)55(45(51)37(27)31)63(67)65(57)69-61(53)62-54(44)48(40)58-50(36)56-46(38)52(42(32)41)60(59)68(73)64(56)66(58)70(62)74(69,73)6-10(9)4-72/h5-6H,3-4,7-8H2,1-2H3. The van der Waals surface area contributed by atoms with Gasteiger partial charge in [0.1, 0.15) is 11.6 Å². The number of carbonyl (C=O) groups is 2. The Balaban J connectivity index is 1.06. The Labute approximate surface area is 416 Å². The number of allylic oxidation sites excluding steroid dienone is 4. The van der Waals surface area contributed by atoms with Crippen LogP contribution in [-0.4, -0.2) is 11.6 Å². The summed E-state index contributed by atoms with van der Waals surface area (Å²) >= 11 is 0. The molecule has 2 saturated carbocycles. The average molecular weight is 937 g/mol. The van der Waals surface area contributed by atoms with Gasteiger partial charge in [-0.05, 0) is 343 Å². The molecule has 0 unspecified atom stereocenters. The van der Waals surface area contributed by atoms with Gasteiger partial charge in [0.2, 0.25) is 0 Å². The first-order valence-electron chi connectivity index (χ1n) is 28.6. The fourth-order valence-corrected chi connectivity index (χ4v) is 27.5. The van der Waals surface area contributed by atoms with Gasteiger partial charge in [0.05, 0.1) is 16.2 Å². The molecule has 2 nitrogen and oxygen atoms in total. The zero-order valence-corrected chi connectivity index (χ0v) is 39.8. The van der Waals surface area contributed by atoms with Crippen molar-refractivity contribution in [3.63, 3.8) is 0 Å². The molecule has 7 aliphatic rings. The summed E-state index contributed by atoms with van der Waals surface area (Å²) < 4.78 is 0. The summed E-state index contributed by atoms with van der Waals surface area (Å²) in [6.45, 7) is 4.29. The van der Waals surface area contributed by atoms with E-state index in [2.05, 4.69) is 26.0 Å². The van der Waals surface area contributed by atoms with Crippen LogP contribution in [0.1, 0.15) is 61.8 Å². The van der Waals surface area contributed by atoms with E-state index in [1.54, 1.807) is 313 Å². The first-order chi connectivity index (χ1) is 37.4. The first kappa shape index (κ1) is 29.4. The predicted octanol–water partition coefficient (Wildman–Crippen LogP) is 18.9. The maximum atomic E-state index is 15.1. The van der Waals surface area contributed by atoms with Gasteiger partial charge in [-0.25, -0.2) is 0 Å². The van der Waals surface area contributed by atoms with E-state index in [1.165, 1.54) is 11.1 Å². The highest BCUT2D eigenvalue weighted by Crippen LogP contribution is 2.86. The second-order valence-electron chi connectivity index (χ2n) is 29.5. The Morgan fingerprint density at radius 2 is 0.368 bits per heavy atom. The Hall–Kier alpha value is -8.72. The van der Waals surface area contributed by atoms with Crippen molar-refractivity contribution in [1.82, 2.24) is 0 Å². The van der Waals surface area contributed by atoms with Gasteiger partial charge in [0, 0.05) is 12.8 Å². The van der Waals surface area contributed by atoms with Gasteiger partial charge in [-0.1, -0.05) is 26.0 Å². The first-order valence-corrected chi connectivity index (χ1v) is 28.6. The Kier molecular flexibility index (Phi) is 2.54. The Morgan fingerprint density at radius 3 is 0.526 bits per heavy atom. The van der Waals surface area contributed by atoms with Crippen LogP contribution in [0, 0.1) is 10.8 Å². The van der Waals surface area contributed by atoms with Crippen LogP contribution < -0.4 is 0 Å². The smallest absolute Gasteiger partial charge is 0.147 e. The third kappa shape index (κ3) is 1.60. The molecule has 0 aliphatic heterocycles. The molecule has 28 aromatic carbocycles. The van der Waals surface area contributed by atoms with Crippen molar-refractivity contribution in [2.75, 3.05) is 0 Å². The minimum atomic E-state index is -0.978. The summed E-state index contributed by atoms with van der Waals surface area (Å²) in [5, 5.41) is 86.8. The fraction of sp³-hybridized carbons (Fsp3) is 0.135. The van der Waals surface area contributed by atoms with Gasteiger partial charge in [-0.3, -0.25) is 9.59 Å². The molecule has 28 aromatic rings. The molecule has 35 rings (SSSR count). The lowest BCUT2D eigenvalue weighted by atomic mass is 9.46. The maximum absolute atomic E-state index is 15.1. The van der Waals surface area contributed by atoms with E-state index in [4.69, 9.17) is 0 Å². The third-order valence-electron chi connectivity index (χ3n) is 28.0. The highest BCUT2D eigenvalue weighted by molar-refractivity contribution is 6.82. The molecule has 0 radical (unpaired) electrons.